The zero-order valence-electron chi connectivity index (χ0n) is 6.29. The quantitative estimate of drug-likeness (QED) is 0.537. The summed E-state index contributed by atoms with van der Waals surface area (Å²) in [6.07, 6.45) is 4.96. The van der Waals surface area contributed by atoms with Gasteiger partial charge in [0.25, 0.3) is 0 Å². The Bertz CT molecular complexity index is 93.3. The molecule has 1 aliphatic rings. The molecular weight excluding hydrogens is 128 g/mol. The third-order valence-corrected chi connectivity index (χ3v) is 2.26. The van der Waals surface area contributed by atoms with Crippen molar-refractivity contribution in [2.75, 3.05) is 6.61 Å². The lowest BCUT2D eigenvalue weighted by Gasteiger charge is -2.12. The van der Waals surface area contributed by atoms with E-state index in [0.29, 0.717) is 5.92 Å². The van der Waals surface area contributed by atoms with E-state index in [9.17, 15) is 5.11 Å². The van der Waals surface area contributed by atoms with E-state index in [-0.39, 0.29) is 12.7 Å². The first-order chi connectivity index (χ1) is 4.83. The Labute approximate surface area is 61.9 Å². The molecule has 2 atom stereocenters. The molecule has 0 aromatic rings. The predicted molar refractivity (Wildman–Crippen MR) is 39.7 cm³/mol. The Hall–Kier alpha value is -0.0800. The highest BCUT2D eigenvalue weighted by molar-refractivity contribution is 4.69. The van der Waals surface area contributed by atoms with Crippen molar-refractivity contribution in [3.8, 4) is 0 Å². The van der Waals surface area contributed by atoms with Gasteiger partial charge in [-0.25, -0.2) is 0 Å². The van der Waals surface area contributed by atoms with Gasteiger partial charge in [-0.1, -0.05) is 12.8 Å². The van der Waals surface area contributed by atoms with Gasteiger partial charge >= 0.3 is 0 Å². The average molecular weight is 144 g/mol. The number of hydrogen-bond acceptors (Lipinski definition) is 2. The summed E-state index contributed by atoms with van der Waals surface area (Å²) < 4.78 is 0. The van der Waals surface area contributed by atoms with E-state index >= 15 is 0 Å². The first kappa shape index (κ1) is 8.02. The maximum Gasteiger partial charge on any atom is 0.0543 e. The lowest BCUT2D eigenvalue weighted by atomic mass is 10.0. The highest BCUT2D eigenvalue weighted by Crippen LogP contribution is 2.22. The van der Waals surface area contributed by atoms with Gasteiger partial charge in [-0.15, -0.1) is 0 Å². The summed E-state index contributed by atoms with van der Waals surface area (Å²) in [7, 11) is 0. The van der Waals surface area contributed by atoms with Crippen LogP contribution in [0.5, 0.6) is 0 Å². The second-order valence-electron chi connectivity index (χ2n) is 3.22. The van der Waals surface area contributed by atoms with Crippen molar-refractivity contribution >= 4 is 0 Å². The molecule has 10 heavy (non-hydrogen) atoms. The molecule has 1 saturated carbocycles. The number of rotatable bonds is 1. The van der Waals surface area contributed by atoms with E-state index in [1.54, 1.807) is 0 Å². The van der Waals surface area contributed by atoms with E-state index in [1.807, 2.05) is 0 Å². The predicted octanol–water partition coefficient (Wildman–Crippen LogP) is 0.920. The molecule has 0 saturated heterocycles. The lowest BCUT2D eigenvalue weighted by molar-refractivity contribution is 0.118. The van der Waals surface area contributed by atoms with Gasteiger partial charge in [0.2, 0.25) is 0 Å². The summed E-state index contributed by atoms with van der Waals surface area (Å²) in [6.45, 7) is 0.247. The van der Waals surface area contributed by atoms with Crippen LogP contribution in [0.2, 0.25) is 0 Å². The minimum absolute atomic E-state index is 0.153. The molecule has 1 rings (SSSR count). The largest absolute Gasteiger partial charge is 0.396 e. The molecular formula is C8H16O2. The first-order valence-electron chi connectivity index (χ1n) is 4.12. The summed E-state index contributed by atoms with van der Waals surface area (Å²) in [4.78, 5) is 0. The molecule has 2 unspecified atom stereocenters. The standard InChI is InChI=1S/C8H16O2/c9-6-7-3-1-2-4-8(10)5-7/h7-10H,1-6H2. The van der Waals surface area contributed by atoms with E-state index in [0.717, 1.165) is 25.7 Å². The van der Waals surface area contributed by atoms with Crippen LogP contribution in [0.25, 0.3) is 0 Å². The Morgan fingerprint density at radius 1 is 1.20 bits per heavy atom. The molecule has 60 valence electrons. The monoisotopic (exact) mass is 144 g/mol. The van der Waals surface area contributed by atoms with Gasteiger partial charge < -0.3 is 10.2 Å². The number of aliphatic hydroxyl groups is 2. The molecule has 0 bridgehead atoms. The maximum atomic E-state index is 9.28. The molecule has 2 heteroatoms. The van der Waals surface area contributed by atoms with Gasteiger partial charge in [0.1, 0.15) is 0 Å². The summed E-state index contributed by atoms with van der Waals surface area (Å²) in [5.41, 5.74) is 0. The van der Waals surface area contributed by atoms with Gasteiger partial charge in [0.15, 0.2) is 0 Å². The molecule has 2 N–H and O–H groups in total. The summed E-state index contributed by atoms with van der Waals surface area (Å²) in [5.74, 6) is 0.359. The van der Waals surface area contributed by atoms with Crippen LogP contribution in [-0.4, -0.2) is 22.9 Å². The maximum absolute atomic E-state index is 9.28. The number of hydrogen-bond donors (Lipinski definition) is 2. The molecule has 0 aromatic carbocycles. The van der Waals surface area contributed by atoms with E-state index in [2.05, 4.69) is 0 Å². The molecule has 0 heterocycles. The van der Waals surface area contributed by atoms with Crippen LogP contribution in [0.4, 0.5) is 0 Å². The van der Waals surface area contributed by atoms with Gasteiger partial charge in [0, 0.05) is 6.61 Å². The highest BCUT2D eigenvalue weighted by Gasteiger charge is 2.16. The van der Waals surface area contributed by atoms with Crippen LogP contribution in [0.3, 0.4) is 0 Å². The lowest BCUT2D eigenvalue weighted by Crippen LogP contribution is -2.13. The minimum atomic E-state index is -0.153. The summed E-state index contributed by atoms with van der Waals surface area (Å²) in [5, 5.41) is 18.1. The van der Waals surface area contributed by atoms with E-state index in [4.69, 9.17) is 5.11 Å². The van der Waals surface area contributed by atoms with E-state index < -0.39 is 0 Å². The van der Waals surface area contributed by atoms with Crippen molar-refractivity contribution < 1.29 is 10.2 Å². The Balaban J connectivity index is 2.30. The van der Waals surface area contributed by atoms with Crippen LogP contribution >= 0.6 is 0 Å². The molecule has 1 fully saturated rings. The van der Waals surface area contributed by atoms with Crippen LogP contribution in [0, 0.1) is 5.92 Å². The molecule has 1 aliphatic carbocycles. The zero-order valence-corrected chi connectivity index (χ0v) is 6.29. The summed E-state index contributed by atoms with van der Waals surface area (Å²) >= 11 is 0. The molecule has 0 aromatic heterocycles. The molecule has 0 spiro atoms. The van der Waals surface area contributed by atoms with Gasteiger partial charge in [0.05, 0.1) is 6.10 Å². The Morgan fingerprint density at radius 3 is 2.60 bits per heavy atom. The minimum Gasteiger partial charge on any atom is -0.396 e. The fraction of sp³-hybridized carbons (Fsp3) is 1.00. The van der Waals surface area contributed by atoms with E-state index in [1.165, 1.54) is 6.42 Å². The fourth-order valence-corrected chi connectivity index (χ4v) is 1.60. The Kier molecular flexibility index (Phi) is 3.16. The second-order valence-corrected chi connectivity index (χ2v) is 3.22. The Morgan fingerprint density at radius 2 is 1.90 bits per heavy atom. The summed E-state index contributed by atoms with van der Waals surface area (Å²) in [6, 6.07) is 0. The third kappa shape index (κ3) is 2.27. The fourth-order valence-electron chi connectivity index (χ4n) is 1.60. The van der Waals surface area contributed by atoms with Crippen molar-refractivity contribution in [1.29, 1.82) is 0 Å². The molecule has 2 nitrogen and oxygen atoms in total. The van der Waals surface area contributed by atoms with Crippen LogP contribution < -0.4 is 0 Å². The highest BCUT2D eigenvalue weighted by atomic mass is 16.3. The average Bonchev–Trinajstić information content (AvgIpc) is 2.13. The normalized spacial score (nSPS) is 35.4. The van der Waals surface area contributed by atoms with Crippen LogP contribution in [0.15, 0.2) is 0 Å². The zero-order chi connectivity index (χ0) is 7.40. The number of aliphatic hydroxyl groups excluding tert-OH is 2. The molecule has 0 radical (unpaired) electrons. The van der Waals surface area contributed by atoms with Crippen molar-refractivity contribution in [1.82, 2.24) is 0 Å². The first-order valence-corrected chi connectivity index (χ1v) is 4.12. The SMILES string of the molecule is OCC1CCCCC(O)C1. The van der Waals surface area contributed by atoms with Gasteiger partial charge in [-0.2, -0.15) is 0 Å². The van der Waals surface area contributed by atoms with Gasteiger partial charge in [-0.3, -0.25) is 0 Å². The smallest absolute Gasteiger partial charge is 0.0543 e. The topological polar surface area (TPSA) is 40.5 Å². The molecule has 0 amide bonds. The second kappa shape index (κ2) is 3.94. The third-order valence-electron chi connectivity index (χ3n) is 2.26. The van der Waals surface area contributed by atoms with Crippen molar-refractivity contribution in [2.45, 2.75) is 38.2 Å². The van der Waals surface area contributed by atoms with Gasteiger partial charge in [-0.05, 0) is 25.2 Å². The van der Waals surface area contributed by atoms with Crippen LogP contribution in [-0.2, 0) is 0 Å². The van der Waals surface area contributed by atoms with Crippen molar-refractivity contribution in [3.63, 3.8) is 0 Å². The van der Waals surface area contributed by atoms with Crippen molar-refractivity contribution in [3.05, 3.63) is 0 Å². The molecule has 0 aliphatic heterocycles. The van der Waals surface area contributed by atoms with Crippen molar-refractivity contribution in [2.24, 2.45) is 5.92 Å². The van der Waals surface area contributed by atoms with Crippen LogP contribution in [0.1, 0.15) is 32.1 Å².